The van der Waals surface area contributed by atoms with Gasteiger partial charge in [-0.25, -0.2) is 14.8 Å². The number of carbonyl (C=O) groups is 1. The highest BCUT2D eigenvalue weighted by molar-refractivity contribution is 9.10. The van der Waals surface area contributed by atoms with Crippen LogP contribution in [-0.4, -0.2) is 76.4 Å². The Bertz CT molecular complexity index is 1010. The molecule has 0 radical (unpaired) electrons. The summed E-state index contributed by atoms with van der Waals surface area (Å²) in [5.41, 5.74) is 2.44. The minimum absolute atomic E-state index is 0.0316. The van der Waals surface area contributed by atoms with Crippen molar-refractivity contribution in [1.29, 1.82) is 0 Å². The molecule has 0 spiro atoms. The molecule has 1 unspecified atom stereocenters. The van der Waals surface area contributed by atoms with E-state index in [0.29, 0.717) is 31.9 Å². The van der Waals surface area contributed by atoms with E-state index in [1.807, 2.05) is 30.3 Å². The van der Waals surface area contributed by atoms with Gasteiger partial charge in [-0.3, -0.25) is 0 Å². The molecule has 3 heterocycles. The molecule has 4 rings (SSSR count). The first kappa shape index (κ1) is 20.6. The van der Waals surface area contributed by atoms with Crippen molar-refractivity contribution in [3.8, 4) is 17.1 Å². The Morgan fingerprint density at radius 1 is 1.33 bits per heavy atom. The van der Waals surface area contributed by atoms with E-state index in [9.17, 15) is 9.90 Å². The number of hydrogen-bond donors (Lipinski definition) is 4. The third-order valence-electron chi connectivity index (χ3n) is 4.76. The summed E-state index contributed by atoms with van der Waals surface area (Å²) in [5.74, 6) is 1.40. The lowest BCUT2D eigenvalue weighted by Gasteiger charge is -2.16. The van der Waals surface area contributed by atoms with E-state index in [1.165, 1.54) is 0 Å². The topological polar surface area (TPSA) is 115 Å². The maximum absolute atomic E-state index is 11.4. The molecule has 1 saturated heterocycles. The normalized spacial score (nSPS) is 14.9. The number of ether oxygens (including phenoxy) is 1. The van der Waals surface area contributed by atoms with Crippen molar-refractivity contribution >= 4 is 33.1 Å². The minimum atomic E-state index is -0.642. The van der Waals surface area contributed by atoms with Crippen molar-refractivity contribution in [2.24, 2.45) is 0 Å². The molecule has 0 aliphatic carbocycles. The lowest BCUT2D eigenvalue weighted by Crippen LogP contribution is -2.38. The lowest BCUT2D eigenvalue weighted by molar-refractivity contribution is 0.106. The van der Waals surface area contributed by atoms with Crippen LogP contribution in [-0.2, 0) is 0 Å². The van der Waals surface area contributed by atoms with E-state index < -0.39 is 6.10 Å². The van der Waals surface area contributed by atoms with Gasteiger partial charge >= 0.3 is 6.03 Å². The SMILES string of the molecule is O=C1NCCN1CCNCC(O)COc1ccc(-c2nc3cc(Br)cnc3[nH]2)cc1. The molecule has 1 aliphatic rings. The van der Waals surface area contributed by atoms with Crippen LogP contribution in [0.3, 0.4) is 0 Å². The minimum Gasteiger partial charge on any atom is -0.491 e. The van der Waals surface area contributed by atoms with Crippen molar-refractivity contribution < 1.29 is 14.6 Å². The molecule has 10 heteroatoms. The van der Waals surface area contributed by atoms with E-state index in [2.05, 4.69) is 41.5 Å². The van der Waals surface area contributed by atoms with Gasteiger partial charge in [0.05, 0.1) is 0 Å². The highest BCUT2D eigenvalue weighted by atomic mass is 79.9. The van der Waals surface area contributed by atoms with Crippen LogP contribution in [0.5, 0.6) is 5.75 Å². The van der Waals surface area contributed by atoms with Crippen LogP contribution in [0, 0.1) is 0 Å². The number of rotatable bonds is 9. The highest BCUT2D eigenvalue weighted by Gasteiger charge is 2.18. The Labute approximate surface area is 182 Å². The molecule has 1 aliphatic heterocycles. The maximum Gasteiger partial charge on any atom is 0.317 e. The number of aliphatic hydroxyl groups excluding tert-OH is 1. The average molecular weight is 475 g/mol. The van der Waals surface area contributed by atoms with Crippen molar-refractivity contribution in [1.82, 2.24) is 30.5 Å². The maximum atomic E-state index is 11.4. The van der Waals surface area contributed by atoms with Crippen LogP contribution in [0.1, 0.15) is 0 Å². The van der Waals surface area contributed by atoms with Crippen molar-refractivity contribution in [3.05, 3.63) is 41.0 Å². The fourth-order valence-corrected chi connectivity index (χ4v) is 3.49. The van der Waals surface area contributed by atoms with Gasteiger partial charge in [0, 0.05) is 49.0 Å². The zero-order valence-corrected chi connectivity index (χ0v) is 17.9. The molecule has 3 aromatic rings. The van der Waals surface area contributed by atoms with E-state index in [1.54, 1.807) is 11.1 Å². The van der Waals surface area contributed by atoms with Crippen LogP contribution >= 0.6 is 15.9 Å². The summed E-state index contributed by atoms with van der Waals surface area (Å²) in [6, 6.07) is 9.39. The van der Waals surface area contributed by atoms with Gasteiger partial charge in [0.2, 0.25) is 0 Å². The standard InChI is InChI=1S/C20H23BrN6O3/c21-14-9-17-19(24-10-14)26-18(25-17)13-1-3-16(4-2-13)30-12-15(28)11-22-5-7-27-8-6-23-20(27)29/h1-4,9-10,15,22,28H,5-8,11-12H2,(H,23,29)(H,24,25,26). The number of urea groups is 1. The molecule has 2 aromatic heterocycles. The van der Waals surface area contributed by atoms with E-state index in [4.69, 9.17) is 4.74 Å². The Morgan fingerprint density at radius 3 is 2.93 bits per heavy atom. The number of benzene rings is 1. The van der Waals surface area contributed by atoms with Gasteiger partial charge in [0.25, 0.3) is 0 Å². The summed E-state index contributed by atoms with van der Waals surface area (Å²) < 4.78 is 6.55. The number of aromatic amines is 1. The first-order valence-corrected chi connectivity index (χ1v) is 10.5. The summed E-state index contributed by atoms with van der Waals surface area (Å²) >= 11 is 3.40. The number of imidazole rings is 1. The zero-order valence-electron chi connectivity index (χ0n) is 16.3. The summed E-state index contributed by atoms with van der Waals surface area (Å²) in [6.45, 7) is 3.24. The highest BCUT2D eigenvalue weighted by Crippen LogP contribution is 2.23. The molecule has 4 N–H and O–H groups in total. The summed E-state index contributed by atoms with van der Waals surface area (Å²) in [6.07, 6.45) is 1.09. The monoisotopic (exact) mass is 474 g/mol. The third kappa shape index (κ3) is 5.07. The smallest absolute Gasteiger partial charge is 0.317 e. The molecular weight excluding hydrogens is 452 g/mol. The molecule has 158 valence electrons. The third-order valence-corrected chi connectivity index (χ3v) is 5.19. The molecule has 0 saturated carbocycles. The van der Waals surface area contributed by atoms with Crippen LogP contribution < -0.4 is 15.4 Å². The second kappa shape index (κ2) is 9.41. The first-order valence-electron chi connectivity index (χ1n) is 9.74. The first-order chi connectivity index (χ1) is 14.6. The lowest BCUT2D eigenvalue weighted by atomic mass is 10.2. The predicted octanol–water partition coefficient (Wildman–Crippen LogP) is 1.74. The number of pyridine rings is 1. The number of carbonyl (C=O) groups excluding carboxylic acids is 1. The largest absolute Gasteiger partial charge is 0.491 e. The zero-order chi connectivity index (χ0) is 20.9. The molecule has 9 nitrogen and oxygen atoms in total. The number of nitrogens with zero attached hydrogens (tertiary/aromatic N) is 3. The Balaban J connectivity index is 1.22. The molecule has 30 heavy (non-hydrogen) atoms. The van der Waals surface area contributed by atoms with Gasteiger partial charge in [-0.2, -0.15) is 0 Å². The second-order valence-electron chi connectivity index (χ2n) is 7.02. The van der Waals surface area contributed by atoms with Crippen LogP contribution in [0.25, 0.3) is 22.6 Å². The van der Waals surface area contributed by atoms with Crippen molar-refractivity contribution in [2.75, 3.05) is 39.3 Å². The van der Waals surface area contributed by atoms with E-state index in [-0.39, 0.29) is 12.6 Å². The van der Waals surface area contributed by atoms with Gasteiger partial charge in [0.1, 0.15) is 29.8 Å². The number of halogens is 1. The van der Waals surface area contributed by atoms with Crippen LogP contribution in [0.4, 0.5) is 4.79 Å². The molecule has 1 fully saturated rings. The number of nitrogens with one attached hydrogen (secondary N) is 3. The van der Waals surface area contributed by atoms with E-state index in [0.717, 1.165) is 33.6 Å². The summed E-state index contributed by atoms with van der Waals surface area (Å²) in [5, 5.41) is 16.0. The second-order valence-corrected chi connectivity index (χ2v) is 7.93. The predicted molar refractivity (Wildman–Crippen MR) is 116 cm³/mol. The number of amides is 2. The molecular formula is C20H23BrN6O3. The molecule has 2 amide bonds. The molecule has 1 aromatic carbocycles. The number of H-pyrrole nitrogens is 1. The summed E-state index contributed by atoms with van der Waals surface area (Å²) in [4.78, 5) is 25.2. The van der Waals surface area contributed by atoms with Crippen LogP contribution in [0.15, 0.2) is 41.0 Å². The average Bonchev–Trinajstić information content (AvgIpc) is 3.35. The number of aliphatic hydroxyl groups is 1. The fraction of sp³-hybridized carbons (Fsp3) is 0.350. The van der Waals surface area contributed by atoms with Crippen molar-refractivity contribution in [3.63, 3.8) is 0 Å². The number of aromatic nitrogens is 3. The Hall–Kier alpha value is -2.69. The summed E-state index contributed by atoms with van der Waals surface area (Å²) in [7, 11) is 0. The van der Waals surface area contributed by atoms with Gasteiger partial charge in [0.15, 0.2) is 5.65 Å². The Kier molecular flexibility index (Phi) is 6.46. The van der Waals surface area contributed by atoms with Crippen molar-refractivity contribution in [2.45, 2.75) is 6.10 Å². The van der Waals surface area contributed by atoms with Gasteiger partial charge in [-0.1, -0.05) is 0 Å². The quantitative estimate of drug-likeness (QED) is 0.351. The van der Waals surface area contributed by atoms with Gasteiger partial charge in [-0.05, 0) is 46.3 Å². The van der Waals surface area contributed by atoms with Gasteiger partial charge in [-0.15, -0.1) is 0 Å². The number of hydrogen-bond acceptors (Lipinski definition) is 6. The molecule has 0 bridgehead atoms. The van der Waals surface area contributed by atoms with Crippen LogP contribution in [0.2, 0.25) is 0 Å². The molecule has 1 atom stereocenters. The Morgan fingerprint density at radius 2 is 2.17 bits per heavy atom. The fourth-order valence-electron chi connectivity index (χ4n) is 3.17. The van der Waals surface area contributed by atoms with E-state index >= 15 is 0 Å². The van der Waals surface area contributed by atoms with Gasteiger partial charge < -0.3 is 30.4 Å². The number of fused-ring (bicyclic) bond motifs is 1.